The Bertz CT molecular complexity index is 516. The summed E-state index contributed by atoms with van der Waals surface area (Å²) in [6.07, 6.45) is 3.12. The molecule has 2 saturated heterocycles. The number of rotatable bonds is 2. The Kier molecular flexibility index (Phi) is 3.40. The Morgan fingerprint density at radius 2 is 2.15 bits per heavy atom. The molecule has 4 nitrogen and oxygen atoms in total. The van der Waals surface area contributed by atoms with Crippen molar-refractivity contribution < 1.29 is 4.79 Å². The lowest BCUT2D eigenvalue weighted by atomic mass is 9.78. The first-order chi connectivity index (χ1) is 9.64. The number of aromatic nitrogens is 1. The van der Waals surface area contributed by atoms with E-state index in [0.29, 0.717) is 5.91 Å². The van der Waals surface area contributed by atoms with Gasteiger partial charge in [-0.2, -0.15) is 0 Å². The van der Waals surface area contributed by atoms with E-state index in [0.717, 1.165) is 57.0 Å². The molecule has 2 aliphatic rings. The largest absolute Gasteiger partial charge is 0.356 e. The molecule has 0 N–H and O–H groups in total. The van der Waals surface area contributed by atoms with Crippen LogP contribution < -0.4 is 4.90 Å². The highest BCUT2D eigenvalue weighted by Gasteiger charge is 2.48. The third-order valence-electron chi connectivity index (χ3n) is 4.76. The molecule has 0 aliphatic carbocycles. The van der Waals surface area contributed by atoms with Crippen LogP contribution in [0.5, 0.6) is 0 Å². The predicted octanol–water partition coefficient (Wildman–Crippen LogP) is 2.23. The highest BCUT2D eigenvalue weighted by molar-refractivity contribution is 5.85. The minimum atomic E-state index is -0.153. The van der Waals surface area contributed by atoms with Crippen LogP contribution >= 0.6 is 0 Å². The summed E-state index contributed by atoms with van der Waals surface area (Å²) in [5.74, 6) is 1.38. The Hall–Kier alpha value is -1.58. The van der Waals surface area contributed by atoms with Gasteiger partial charge in [0, 0.05) is 31.9 Å². The Balaban J connectivity index is 1.82. The molecular formula is C16H23N3O. The first kappa shape index (κ1) is 13.4. The van der Waals surface area contributed by atoms with Crippen LogP contribution in [0.25, 0.3) is 0 Å². The van der Waals surface area contributed by atoms with Crippen molar-refractivity contribution in [2.45, 2.75) is 33.1 Å². The SMILES string of the molecule is CCN1CC[C@@]2(CCCN(c3cccc(C)n3)C2)C1=O. The molecule has 20 heavy (non-hydrogen) atoms. The number of hydrogen-bond donors (Lipinski definition) is 0. The number of amides is 1. The molecule has 0 saturated carbocycles. The van der Waals surface area contributed by atoms with Gasteiger partial charge < -0.3 is 9.80 Å². The van der Waals surface area contributed by atoms with Gasteiger partial charge in [-0.1, -0.05) is 6.07 Å². The van der Waals surface area contributed by atoms with Crippen molar-refractivity contribution in [3.05, 3.63) is 23.9 Å². The minimum Gasteiger partial charge on any atom is -0.356 e. The summed E-state index contributed by atoms with van der Waals surface area (Å²) < 4.78 is 0. The lowest BCUT2D eigenvalue weighted by molar-refractivity contribution is -0.136. The van der Waals surface area contributed by atoms with Crippen LogP contribution in [0.2, 0.25) is 0 Å². The van der Waals surface area contributed by atoms with Gasteiger partial charge in [0.05, 0.1) is 5.41 Å². The lowest BCUT2D eigenvalue weighted by Crippen LogP contribution is -2.48. The van der Waals surface area contributed by atoms with Gasteiger partial charge in [-0.15, -0.1) is 0 Å². The van der Waals surface area contributed by atoms with Gasteiger partial charge in [0.2, 0.25) is 5.91 Å². The van der Waals surface area contributed by atoms with Crippen LogP contribution in [-0.4, -0.2) is 42.0 Å². The van der Waals surface area contributed by atoms with Gasteiger partial charge in [0.1, 0.15) is 5.82 Å². The molecule has 1 aromatic rings. The molecule has 1 atom stereocenters. The zero-order chi connectivity index (χ0) is 14.2. The van der Waals surface area contributed by atoms with Crippen LogP contribution in [-0.2, 0) is 4.79 Å². The average molecular weight is 273 g/mol. The van der Waals surface area contributed by atoms with E-state index < -0.39 is 0 Å². The van der Waals surface area contributed by atoms with Gasteiger partial charge in [-0.25, -0.2) is 4.98 Å². The van der Waals surface area contributed by atoms with Crippen molar-refractivity contribution in [1.82, 2.24) is 9.88 Å². The van der Waals surface area contributed by atoms with E-state index >= 15 is 0 Å². The number of hydrogen-bond acceptors (Lipinski definition) is 3. The normalized spacial score (nSPS) is 26.6. The third kappa shape index (κ3) is 2.17. The average Bonchev–Trinajstić information content (AvgIpc) is 2.76. The van der Waals surface area contributed by atoms with Crippen LogP contribution in [0.4, 0.5) is 5.82 Å². The second kappa shape index (κ2) is 5.08. The maximum absolute atomic E-state index is 12.6. The molecule has 1 spiro atoms. The quantitative estimate of drug-likeness (QED) is 0.829. The number of nitrogens with zero attached hydrogens (tertiary/aromatic N) is 3. The van der Waals surface area contributed by atoms with Gasteiger partial charge in [-0.05, 0) is 45.2 Å². The Morgan fingerprint density at radius 3 is 2.85 bits per heavy atom. The van der Waals surface area contributed by atoms with Crippen molar-refractivity contribution in [2.75, 3.05) is 31.1 Å². The van der Waals surface area contributed by atoms with Crippen molar-refractivity contribution in [3.8, 4) is 0 Å². The number of likely N-dealkylation sites (tertiary alicyclic amines) is 1. The summed E-state index contributed by atoms with van der Waals surface area (Å²) in [7, 11) is 0. The lowest BCUT2D eigenvalue weighted by Gasteiger charge is -2.39. The molecule has 3 rings (SSSR count). The monoisotopic (exact) mass is 273 g/mol. The fourth-order valence-electron chi connectivity index (χ4n) is 3.61. The third-order valence-corrected chi connectivity index (χ3v) is 4.76. The van der Waals surface area contributed by atoms with Crippen molar-refractivity contribution in [1.29, 1.82) is 0 Å². The molecule has 2 aliphatic heterocycles. The number of aryl methyl sites for hydroxylation is 1. The van der Waals surface area contributed by atoms with E-state index in [9.17, 15) is 4.79 Å². The van der Waals surface area contributed by atoms with Crippen LogP contribution in [0.15, 0.2) is 18.2 Å². The summed E-state index contributed by atoms with van der Waals surface area (Å²) in [5.41, 5.74) is 0.884. The second-order valence-electron chi connectivity index (χ2n) is 6.08. The summed E-state index contributed by atoms with van der Waals surface area (Å²) in [5, 5.41) is 0. The Morgan fingerprint density at radius 1 is 1.30 bits per heavy atom. The van der Waals surface area contributed by atoms with Gasteiger partial charge >= 0.3 is 0 Å². The van der Waals surface area contributed by atoms with E-state index in [1.807, 2.05) is 24.0 Å². The first-order valence-corrected chi connectivity index (χ1v) is 7.63. The number of carbonyl (C=O) groups excluding carboxylic acids is 1. The smallest absolute Gasteiger partial charge is 0.230 e. The summed E-state index contributed by atoms with van der Waals surface area (Å²) in [4.78, 5) is 21.6. The number of carbonyl (C=O) groups is 1. The predicted molar refractivity (Wildman–Crippen MR) is 79.7 cm³/mol. The molecule has 108 valence electrons. The van der Waals surface area contributed by atoms with Crippen molar-refractivity contribution in [3.63, 3.8) is 0 Å². The molecule has 1 aromatic heterocycles. The minimum absolute atomic E-state index is 0.153. The van der Waals surface area contributed by atoms with Gasteiger partial charge in [0.25, 0.3) is 0 Å². The fourth-order valence-corrected chi connectivity index (χ4v) is 3.61. The van der Waals surface area contributed by atoms with E-state index in [4.69, 9.17) is 0 Å². The fraction of sp³-hybridized carbons (Fsp3) is 0.625. The number of piperidine rings is 1. The van der Waals surface area contributed by atoms with E-state index in [1.165, 1.54) is 0 Å². The zero-order valence-corrected chi connectivity index (χ0v) is 12.4. The molecule has 4 heteroatoms. The topological polar surface area (TPSA) is 36.4 Å². The van der Waals surface area contributed by atoms with E-state index in [1.54, 1.807) is 0 Å². The summed E-state index contributed by atoms with van der Waals surface area (Å²) in [6, 6.07) is 6.12. The van der Waals surface area contributed by atoms with E-state index in [2.05, 4.69) is 22.9 Å². The maximum atomic E-state index is 12.6. The molecule has 2 fully saturated rings. The number of pyridine rings is 1. The standard InChI is InChI=1S/C16H23N3O/c1-3-18-11-9-16(15(18)20)8-5-10-19(12-16)14-7-4-6-13(2)17-14/h4,6-7H,3,5,8-12H2,1-2H3/t16-/m1/s1. The van der Waals surface area contributed by atoms with Gasteiger partial charge in [0.15, 0.2) is 0 Å². The maximum Gasteiger partial charge on any atom is 0.230 e. The number of anilines is 1. The first-order valence-electron chi connectivity index (χ1n) is 7.63. The molecule has 0 aromatic carbocycles. The summed E-state index contributed by atoms with van der Waals surface area (Å²) >= 11 is 0. The molecule has 0 bridgehead atoms. The van der Waals surface area contributed by atoms with Gasteiger partial charge in [-0.3, -0.25) is 4.79 Å². The van der Waals surface area contributed by atoms with Crippen LogP contribution in [0, 0.1) is 12.3 Å². The summed E-state index contributed by atoms with van der Waals surface area (Å²) in [6.45, 7) is 7.69. The molecule has 3 heterocycles. The molecule has 1 amide bonds. The highest BCUT2D eigenvalue weighted by Crippen LogP contribution is 2.40. The molecular weight excluding hydrogens is 250 g/mol. The van der Waals surface area contributed by atoms with Crippen molar-refractivity contribution >= 4 is 11.7 Å². The molecule has 0 radical (unpaired) electrons. The zero-order valence-electron chi connectivity index (χ0n) is 12.4. The Labute approximate surface area is 120 Å². The highest BCUT2D eigenvalue weighted by atomic mass is 16.2. The van der Waals surface area contributed by atoms with Crippen molar-refractivity contribution in [2.24, 2.45) is 5.41 Å². The van der Waals surface area contributed by atoms with E-state index in [-0.39, 0.29) is 5.41 Å². The second-order valence-corrected chi connectivity index (χ2v) is 6.08. The molecule has 0 unspecified atom stereocenters. The van der Waals surface area contributed by atoms with Crippen LogP contribution in [0.1, 0.15) is 31.9 Å². The van der Waals surface area contributed by atoms with Crippen LogP contribution in [0.3, 0.4) is 0 Å².